The average molecular weight is 235 g/mol. The summed E-state index contributed by atoms with van der Waals surface area (Å²) in [7, 11) is 0. The summed E-state index contributed by atoms with van der Waals surface area (Å²) in [6.45, 7) is 2.25. The van der Waals surface area contributed by atoms with E-state index in [4.69, 9.17) is 9.84 Å². The van der Waals surface area contributed by atoms with Crippen LogP contribution >= 0.6 is 0 Å². The second-order valence-corrected chi connectivity index (χ2v) is 3.15. The van der Waals surface area contributed by atoms with E-state index in [0.29, 0.717) is 24.3 Å². The van der Waals surface area contributed by atoms with Crippen LogP contribution in [0.5, 0.6) is 5.75 Å². The van der Waals surface area contributed by atoms with E-state index in [9.17, 15) is 10.1 Å². The lowest BCUT2D eigenvalue weighted by Crippen LogP contribution is -1.96. The van der Waals surface area contributed by atoms with Gasteiger partial charge < -0.3 is 9.84 Å². The number of rotatable bonds is 4. The third-order valence-electron chi connectivity index (χ3n) is 1.93. The number of ether oxygens (including phenoxy) is 1. The maximum absolute atomic E-state index is 10.6. The Hall–Kier alpha value is -2.06. The molecular weight excluding hydrogens is 222 g/mol. The zero-order chi connectivity index (χ0) is 12.7. The average Bonchev–Trinajstić information content (AvgIpc) is 2.31. The molecule has 0 unspecified atom stereocenters. The summed E-state index contributed by atoms with van der Waals surface area (Å²) in [5.41, 5.74) is 0.441. The van der Waals surface area contributed by atoms with Crippen molar-refractivity contribution in [3.8, 4) is 17.6 Å². The van der Waals surface area contributed by atoms with Crippen molar-refractivity contribution in [1.82, 2.24) is 0 Å². The first kappa shape index (κ1) is 13.0. The van der Waals surface area contributed by atoms with Crippen LogP contribution in [0.3, 0.4) is 0 Å². The highest BCUT2D eigenvalue weighted by atomic mass is 16.6. The Morgan fingerprint density at radius 1 is 1.53 bits per heavy atom. The van der Waals surface area contributed by atoms with Gasteiger partial charge in [-0.2, -0.15) is 0 Å². The molecule has 1 rings (SSSR count). The molecule has 0 aromatic heterocycles. The Morgan fingerprint density at radius 2 is 2.29 bits per heavy atom. The lowest BCUT2D eigenvalue weighted by atomic mass is 10.1. The molecule has 0 spiro atoms. The van der Waals surface area contributed by atoms with Gasteiger partial charge in [0.1, 0.15) is 5.75 Å². The monoisotopic (exact) mass is 235 g/mol. The third kappa shape index (κ3) is 3.78. The number of hydrogen-bond acceptors (Lipinski definition) is 4. The minimum atomic E-state index is -0.479. The molecule has 90 valence electrons. The molecule has 17 heavy (non-hydrogen) atoms. The SMILES string of the molecule is CCOc1ccc([N+](=O)[O-])cc1C#CCCO. The maximum Gasteiger partial charge on any atom is 0.270 e. The molecule has 0 atom stereocenters. The molecule has 0 heterocycles. The molecule has 5 heteroatoms. The number of aliphatic hydroxyl groups excluding tert-OH is 1. The van der Waals surface area contributed by atoms with Crippen LogP contribution in [-0.4, -0.2) is 23.2 Å². The molecular formula is C12H13NO4. The van der Waals surface area contributed by atoms with E-state index in [2.05, 4.69) is 11.8 Å². The summed E-state index contributed by atoms with van der Waals surface area (Å²) in [6, 6.07) is 4.28. The predicted octanol–water partition coefficient (Wildman–Crippen LogP) is 1.73. The summed E-state index contributed by atoms with van der Waals surface area (Å²) < 4.78 is 5.31. The van der Waals surface area contributed by atoms with Gasteiger partial charge in [0.2, 0.25) is 0 Å². The number of nitro groups is 1. The number of hydrogen-bond donors (Lipinski definition) is 1. The number of non-ortho nitro benzene ring substituents is 1. The van der Waals surface area contributed by atoms with Crippen LogP contribution in [0.1, 0.15) is 18.9 Å². The van der Waals surface area contributed by atoms with E-state index in [-0.39, 0.29) is 12.3 Å². The van der Waals surface area contributed by atoms with Crippen LogP contribution in [0.4, 0.5) is 5.69 Å². The topological polar surface area (TPSA) is 72.6 Å². The van der Waals surface area contributed by atoms with Crippen LogP contribution in [0.15, 0.2) is 18.2 Å². The van der Waals surface area contributed by atoms with Gasteiger partial charge in [-0.15, -0.1) is 0 Å². The molecule has 0 fully saturated rings. The summed E-state index contributed by atoms with van der Waals surface area (Å²) in [5.74, 6) is 5.99. The molecule has 5 nitrogen and oxygen atoms in total. The highest BCUT2D eigenvalue weighted by molar-refractivity contribution is 5.52. The zero-order valence-electron chi connectivity index (χ0n) is 9.47. The van der Waals surface area contributed by atoms with E-state index in [1.165, 1.54) is 18.2 Å². The Labute approximate surface area is 99.2 Å². The van der Waals surface area contributed by atoms with Crippen LogP contribution in [-0.2, 0) is 0 Å². The molecule has 0 bridgehead atoms. The molecule has 0 amide bonds. The van der Waals surface area contributed by atoms with Gasteiger partial charge in [0, 0.05) is 18.6 Å². The molecule has 1 N–H and O–H groups in total. The van der Waals surface area contributed by atoms with Crippen molar-refractivity contribution in [2.75, 3.05) is 13.2 Å². The molecule has 0 aliphatic rings. The summed E-state index contributed by atoms with van der Waals surface area (Å²) in [4.78, 5) is 10.1. The van der Waals surface area contributed by atoms with Crippen molar-refractivity contribution in [1.29, 1.82) is 0 Å². The van der Waals surface area contributed by atoms with Crippen molar-refractivity contribution in [3.63, 3.8) is 0 Å². The normalized spacial score (nSPS) is 9.29. The van der Waals surface area contributed by atoms with E-state index in [1.54, 1.807) is 0 Å². The predicted molar refractivity (Wildman–Crippen MR) is 62.8 cm³/mol. The Kier molecular flexibility index (Phi) is 4.98. The molecule has 1 aromatic carbocycles. The third-order valence-corrected chi connectivity index (χ3v) is 1.93. The minimum absolute atomic E-state index is 0.0262. The summed E-state index contributed by atoms with van der Waals surface area (Å²) in [5, 5.41) is 19.2. The van der Waals surface area contributed by atoms with E-state index >= 15 is 0 Å². The highest BCUT2D eigenvalue weighted by Gasteiger charge is 2.09. The Bertz CT molecular complexity index is 459. The van der Waals surface area contributed by atoms with Crippen molar-refractivity contribution in [2.24, 2.45) is 0 Å². The maximum atomic E-state index is 10.6. The Morgan fingerprint density at radius 3 is 2.88 bits per heavy atom. The quantitative estimate of drug-likeness (QED) is 0.490. The minimum Gasteiger partial charge on any atom is -0.493 e. The van der Waals surface area contributed by atoms with Gasteiger partial charge in [-0.05, 0) is 13.0 Å². The van der Waals surface area contributed by atoms with Crippen molar-refractivity contribution in [3.05, 3.63) is 33.9 Å². The number of nitro benzene ring substituents is 1. The van der Waals surface area contributed by atoms with Gasteiger partial charge in [0.15, 0.2) is 0 Å². The van der Waals surface area contributed by atoms with Gasteiger partial charge in [-0.3, -0.25) is 10.1 Å². The largest absolute Gasteiger partial charge is 0.493 e. The fourth-order valence-corrected chi connectivity index (χ4v) is 1.22. The van der Waals surface area contributed by atoms with Gasteiger partial charge in [-0.1, -0.05) is 11.8 Å². The van der Waals surface area contributed by atoms with E-state index in [0.717, 1.165) is 0 Å². The zero-order valence-corrected chi connectivity index (χ0v) is 9.47. The van der Waals surface area contributed by atoms with Crippen molar-refractivity contribution in [2.45, 2.75) is 13.3 Å². The van der Waals surface area contributed by atoms with Gasteiger partial charge >= 0.3 is 0 Å². The smallest absolute Gasteiger partial charge is 0.270 e. The second-order valence-electron chi connectivity index (χ2n) is 3.15. The first-order valence-corrected chi connectivity index (χ1v) is 5.20. The number of nitrogens with zero attached hydrogens (tertiary/aromatic N) is 1. The molecule has 0 saturated heterocycles. The molecule has 0 aliphatic heterocycles. The van der Waals surface area contributed by atoms with Gasteiger partial charge in [-0.25, -0.2) is 0 Å². The number of benzene rings is 1. The molecule has 0 saturated carbocycles. The second kappa shape index (κ2) is 6.51. The van der Waals surface area contributed by atoms with E-state index < -0.39 is 4.92 Å². The fraction of sp³-hybridized carbons (Fsp3) is 0.333. The lowest BCUT2D eigenvalue weighted by Gasteiger charge is -2.05. The number of aliphatic hydroxyl groups is 1. The summed E-state index contributed by atoms with van der Waals surface area (Å²) in [6.07, 6.45) is 0.328. The van der Waals surface area contributed by atoms with Crippen LogP contribution in [0.2, 0.25) is 0 Å². The van der Waals surface area contributed by atoms with Gasteiger partial charge in [0.25, 0.3) is 5.69 Å². The first-order chi connectivity index (χ1) is 8.19. The van der Waals surface area contributed by atoms with Crippen molar-refractivity contribution < 1.29 is 14.8 Å². The highest BCUT2D eigenvalue weighted by Crippen LogP contribution is 2.23. The van der Waals surface area contributed by atoms with E-state index in [1.807, 2.05) is 6.92 Å². The fourth-order valence-electron chi connectivity index (χ4n) is 1.22. The van der Waals surface area contributed by atoms with Crippen molar-refractivity contribution >= 4 is 5.69 Å². The van der Waals surface area contributed by atoms with Crippen LogP contribution in [0.25, 0.3) is 0 Å². The standard InChI is InChI=1S/C12H13NO4/c1-2-17-12-7-6-11(13(15)16)9-10(12)5-3-4-8-14/h6-7,9,14H,2,4,8H2,1H3. The lowest BCUT2D eigenvalue weighted by molar-refractivity contribution is -0.384. The molecule has 0 radical (unpaired) electrons. The molecule has 0 aliphatic carbocycles. The molecule has 1 aromatic rings. The Balaban J connectivity index is 3.07. The van der Waals surface area contributed by atoms with Crippen LogP contribution in [0, 0.1) is 22.0 Å². The van der Waals surface area contributed by atoms with Gasteiger partial charge in [0.05, 0.1) is 23.7 Å². The first-order valence-electron chi connectivity index (χ1n) is 5.20. The van der Waals surface area contributed by atoms with Crippen LogP contribution < -0.4 is 4.74 Å². The summed E-state index contributed by atoms with van der Waals surface area (Å²) >= 11 is 0.